The molecule has 1 fully saturated rings. The van der Waals surface area contributed by atoms with E-state index in [-0.39, 0.29) is 29.6 Å². The number of nitrogens with zero attached hydrogens (tertiary/aromatic N) is 1. The molecule has 0 aliphatic carbocycles. The van der Waals surface area contributed by atoms with E-state index in [2.05, 4.69) is 10.9 Å². The van der Waals surface area contributed by atoms with Crippen LogP contribution in [0.4, 0.5) is 0 Å². The number of hydrogen-bond donors (Lipinski definition) is 2. The highest BCUT2D eigenvalue weighted by molar-refractivity contribution is 7.89. The first-order valence-corrected chi connectivity index (χ1v) is 11.7. The van der Waals surface area contributed by atoms with Gasteiger partial charge in [-0.15, -0.1) is 0 Å². The van der Waals surface area contributed by atoms with E-state index in [1.165, 1.54) is 4.31 Å². The van der Waals surface area contributed by atoms with Crippen LogP contribution in [-0.2, 0) is 37.2 Å². The summed E-state index contributed by atoms with van der Waals surface area (Å²) in [6.07, 6.45) is 1.49. The van der Waals surface area contributed by atoms with Gasteiger partial charge in [-0.3, -0.25) is 20.4 Å². The van der Waals surface area contributed by atoms with Crippen LogP contribution in [0.2, 0.25) is 0 Å². The van der Waals surface area contributed by atoms with Gasteiger partial charge >= 0.3 is 0 Å². The van der Waals surface area contributed by atoms with Crippen LogP contribution in [0, 0.1) is 0 Å². The predicted octanol–water partition coefficient (Wildman–Crippen LogP) is 1.42. The molecule has 1 saturated heterocycles. The van der Waals surface area contributed by atoms with Gasteiger partial charge in [-0.1, -0.05) is 42.5 Å². The second-order valence-corrected chi connectivity index (χ2v) is 9.18. The quantitative estimate of drug-likeness (QED) is 0.598. The minimum atomic E-state index is -3.53. The maximum atomic E-state index is 12.6. The Bertz CT molecular complexity index is 972. The van der Waals surface area contributed by atoms with E-state index < -0.39 is 10.0 Å². The summed E-state index contributed by atoms with van der Waals surface area (Å²) in [5.41, 5.74) is 6.73. The van der Waals surface area contributed by atoms with E-state index in [0.29, 0.717) is 39.1 Å². The molecule has 8 nitrogen and oxygen atoms in total. The topological polar surface area (TPSA) is 105 Å². The van der Waals surface area contributed by atoms with Crippen LogP contribution in [0.5, 0.6) is 0 Å². The monoisotopic (exact) mass is 445 g/mol. The molecule has 1 heterocycles. The van der Waals surface area contributed by atoms with E-state index in [1.807, 2.05) is 30.3 Å². The molecular formula is C22H27N3O5S. The van der Waals surface area contributed by atoms with Crippen LogP contribution < -0.4 is 10.9 Å². The van der Waals surface area contributed by atoms with Crippen LogP contribution >= 0.6 is 0 Å². The Kier molecular flexibility index (Phi) is 8.16. The second-order valence-electron chi connectivity index (χ2n) is 7.24. The highest BCUT2D eigenvalue weighted by Gasteiger charge is 2.26. The van der Waals surface area contributed by atoms with Crippen LogP contribution in [0.1, 0.15) is 24.0 Å². The number of ether oxygens (including phenoxy) is 1. The van der Waals surface area contributed by atoms with Gasteiger partial charge in [0.25, 0.3) is 0 Å². The number of nitrogens with one attached hydrogen (secondary N) is 2. The Morgan fingerprint density at radius 3 is 1.87 bits per heavy atom. The lowest BCUT2D eigenvalue weighted by molar-refractivity contribution is -0.128. The fourth-order valence-corrected chi connectivity index (χ4v) is 4.60. The molecule has 0 aromatic heterocycles. The highest BCUT2D eigenvalue weighted by Crippen LogP contribution is 2.18. The van der Waals surface area contributed by atoms with Crippen LogP contribution in [-0.4, -0.2) is 50.8 Å². The van der Waals surface area contributed by atoms with Crippen molar-refractivity contribution in [3.05, 3.63) is 65.7 Å². The van der Waals surface area contributed by atoms with Crippen LogP contribution in [0.15, 0.2) is 59.5 Å². The smallest absolute Gasteiger partial charge is 0.243 e. The van der Waals surface area contributed by atoms with Gasteiger partial charge in [0.2, 0.25) is 21.8 Å². The summed E-state index contributed by atoms with van der Waals surface area (Å²) >= 11 is 0. The molecule has 1 aliphatic heterocycles. The molecule has 0 radical (unpaired) electrons. The zero-order valence-corrected chi connectivity index (χ0v) is 18.1. The third-order valence-corrected chi connectivity index (χ3v) is 6.91. The first-order valence-electron chi connectivity index (χ1n) is 10.2. The number of rotatable bonds is 8. The van der Waals surface area contributed by atoms with Crippen molar-refractivity contribution in [2.24, 2.45) is 0 Å². The van der Waals surface area contributed by atoms with Gasteiger partial charge in [0.1, 0.15) is 0 Å². The zero-order chi connectivity index (χ0) is 22.1. The Hall–Kier alpha value is -2.75. The summed E-state index contributed by atoms with van der Waals surface area (Å²) in [6.45, 7) is 1.49. The van der Waals surface area contributed by atoms with E-state index in [9.17, 15) is 18.0 Å². The van der Waals surface area contributed by atoms with E-state index in [1.54, 1.807) is 24.3 Å². The van der Waals surface area contributed by atoms with Gasteiger partial charge in [-0.05, 0) is 36.1 Å². The number of aryl methyl sites for hydroxylation is 2. The van der Waals surface area contributed by atoms with Crippen molar-refractivity contribution in [3.63, 3.8) is 0 Å². The molecule has 31 heavy (non-hydrogen) atoms. The second kappa shape index (κ2) is 11.0. The lowest BCUT2D eigenvalue weighted by atomic mass is 10.1. The Morgan fingerprint density at radius 2 is 1.32 bits per heavy atom. The summed E-state index contributed by atoms with van der Waals surface area (Å²) < 4.78 is 31.9. The predicted molar refractivity (Wildman–Crippen MR) is 115 cm³/mol. The molecule has 3 rings (SSSR count). The third-order valence-electron chi connectivity index (χ3n) is 5.00. The highest BCUT2D eigenvalue weighted by atomic mass is 32.2. The van der Waals surface area contributed by atoms with Gasteiger partial charge in [0.05, 0.1) is 18.1 Å². The molecule has 0 saturated carbocycles. The standard InChI is InChI=1S/C22H27N3O5S/c26-21(12-8-18-4-2-1-3-5-18)23-24-22(27)13-9-19-6-10-20(11-7-19)31(28,29)25-14-16-30-17-15-25/h1-7,10-11H,8-9,12-17H2,(H,23,26)(H,24,27). The lowest BCUT2D eigenvalue weighted by Crippen LogP contribution is -2.41. The average molecular weight is 446 g/mol. The van der Waals surface area contributed by atoms with E-state index in [4.69, 9.17) is 4.74 Å². The third kappa shape index (κ3) is 6.88. The van der Waals surface area contributed by atoms with E-state index in [0.717, 1.165) is 11.1 Å². The Balaban J connectivity index is 1.40. The number of carbonyl (C=O) groups excluding carboxylic acids is 2. The van der Waals surface area contributed by atoms with Crippen molar-refractivity contribution in [1.82, 2.24) is 15.2 Å². The minimum Gasteiger partial charge on any atom is -0.379 e. The first-order chi connectivity index (χ1) is 14.9. The molecule has 0 bridgehead atoms. The summed E-state index contributed by atoms with van der Waals surface area (Å²) in [5.74, 6) is -0.562. The fourth-order valence-electron chi connectivity index (χ4n) is 3.19. The summed E-state index contributed by atoms with van der Waals surface area (Å²) in [5, 5.41) is 0. The van der Waals surface area contributed by atoms with Crippen molar-refractivity contribution >= 4 is 21.8 Å². The number of amides is 2. The first kappa shape index (κ1) is 22.9. The Morgan fingerprint density at radius 1 is 0.806 bits per heavy atom. The number of morpholine rings is 1. The Labute approximate surface area is 182 Å². The normalized spacial score (nSPS) is 14.7. The molecule has 9 heteroatoms. The molecule has 1 aliphatic rings. The van der Waals surface area contributed by atoms with Gasteiger partial charge in [-0.25, -0.2) is 8.42 Å². The molecule has 0 unspecified atom stereocenters. The molecule has 0 atom stereocenters. The number of hydrogen-bond acceptors (Lipinski definition) is 5. The van der Waals surface area contributed by atoms with Crippen molar-refractivity contribution in [3.8, 4) is 0 Å². The molecule has 2 amide bonds. The summed E-state index contributed by atoms with van der Waals surface area (Å²) in [7, 11) is -3.53. The van der Waals surface area contributed by atoms with Crippen LogP contribution in [0.3, 0.4) is 0 Å². The molecule has 2 aromatic rings. The van der Waals surface area contributed by atoms with Crippen molar-refractivity contribution < 1.29 is 22.7 Å². The average Bonchev–Trinajstić information content (AvgIpc) is 2.81. The molecule has 2 aromatic carbocycles. The molecule has 0 spiro atoms. The zero-order valence-electron chi connectivity index (χ0n) is 17.2. The largest absolute Gasteiger partial charge is 0.379 e. The van der Waals surface area contributed by atoms with Gasteiger partial charge < -0.3 is 4.74 Å². The number of benzene rings is 2. The van der Waals surface area contributed by atoms with Gasteiger partial charge in [0.15, 0.2) is 0 Å². The summed E-state index contributed by atoms with van der Waals surface area (Å²) in [4.78, 5) is 24.1. The number of carbonyl (C=O) groups is 2. The maximum absolute atomic E-state index is 12.6. The molecular weight excluding hydrogens is 418 g/mol. The van der Waals surface area contributed by atoms with Crippen molar-refractivity contribution in [1.29, 1.82) is 0 Å². The lowest BCUT2D eigenvalue weighted by Gasteiger charge is -2.26. The van der Waals surface area contributed by atoms with Crippen LogP contribution in [0.25, 0.3) is 0 Å². The number of sulfonamides is 1. The minimum absolute atomic E-state index is 0.175. The summed E-state index contributed by atoms with van der Waals surface area (Å²) in [6, 6.07) is 16.2. The van der Waals surface area contributed by atoms with Gasteiger partial charge in [-0.2, -0.15) is 4.31 Å². The van der Waals surface area contributed by atoms with Crippen molar-refractivity contribution in [2.75, 3.05) is 26.3 Å². The fraction of sp³-hybridized carbons (Fsp3) is 0.364. The van der Waals surface area contributed by atoms with E-state index >= 15 is 0 Å². The number of hydrazine groups is 1. The molecule has 166 valence electrons. The maximum Gasteiger partial charge on any atom is 0.243 e. The van der Waals surface area contributed by atoms with Crippen molar-refractivity contribution in [2.45, 2.75) is 30.6 Å². The van der Waals surface area contributed by atoms with Gasteiger partial charge in [0, 0.05) is 25.9 Å². The molecule has 2 N–H and O–H groups in total. The SMILES string of the molecule is O=C(CCc1ccccc1)NNC(=O)CCc1ccc(S(=O)(=O)N2CCOCC2)cc1.